The number of benzene rings is 1. The zero-order chi connectivity index (χ0) is 15.0. The average Bonchev–Trinajstić information content (AvgIpc) is 2.89. The average molecular weight is 307 g/mol. The summed E-state index contributed by atoms with van der Waals surface area (Å²) in [4.78, 5) is 12.4. The topological polar surface area (TPSA) is 43.3 Å². The zero-order valence-corrected chi connectivity index (χ0v) is 13.0. The smallest absolute Gasteiger partial charge is 0.267 e. The molecule has 1 aromatic heterocycles. The minimum Gasteiger partial charge on any atom is -0.486 e. The van der Waals surface area contributed by atoms with Gasteiger partial charge in [-0.05, 0) is 31.0 Å². The number of halogens is 1. The van der Waals surface area contributed by atoms with Crippen LogP contribution in [0.5, 0.6) is 5.75 Å². The van der Waals surface area contributed by atoms with Crippen molar-refractivity contribution in [2.75, 3.05) is 6.54 Å². The summed E-state index contributed by atoms with van der Waals surface area (Å²) in [5.74, 6) is 0.758. The molecule has 0 spiro atoms. The minimum atomic E-state index is -0.0492. The predicted molar refractivity (Wildman–Crippen MR) is 84.3 cm³/mol. The lowest BCUT2D eigenvalue weighted by Crippen LogP contribution is -2.31. The molecule has 1 atom stereocenters. The van der Waals surface area contributed by atoms with Gasteiger partial charge >= 0.3 is 0 Å². The molecule has 1 N–H and O–H groups in total. The van der Waals surface area contributed by atoms with Gasteiger partial charge in [0.2, 0.25) is 0 Å². The molecule has 3 rings (SSSR count). The first kappa shape index (κ1) is 14.3. The number of ether oxygens (including phenoxy) is 1. The van der Waals surface area contributed by atoms with Gasteiger partial charge in [-0.15, -0.1) is 0 Å². The molecule has 1 aromatic carbocycles. The van der Waals surface area contributed by atoms with Crippen LogP contribution < -0.4 is 10.1 Å². The van der Waals surface area contributed by atoms with E-state index in [0.29, 0.717) is 23.8 Å². The maximum atomic E-state index is 12.4. The Hall–Kier alpha value is -1.68. The van der Waals surface area contributed by atoms with Crippen LogP contribution in [0.1, 0.15) is 37.2 Å². The molecule has 2 aromatic rings. The van der Waals surface area contributed by atoms with Gasteiger partial charge in [-0.1, -0.05) is 25.4 Å². The van der Waals surface area contributed by atoms with Gasteiger partial charge < -0.3 is 14.6 Å². The minimum absolute atomic E-state index is 0.0492. The molecule has 4 nitrogen and oxygen atoms in total. The summed E-state index contributed by atoms with van der Waals surface area (Å²) in [5.41, 5.74) is 1.59. The first-order valence-electron chi connectivity index (χ1n) is 7.42. The molecule has 2 heterocycles. The summed E-state index contributed by atoms with van der Waals surface area (Å²) < 4.78 is 8.01. The number of nitrogens with one attached hydrogen (secondary N) is 1. The Labute approximate surface area is 129 Å². The summed E-state index contributed by atoms with van der Waals surface area (Å²) in [5, 5.41) is 4.47. The van der Waals surface area contributed by atoms with E-state index in [1.807, 2.05) is 29.7 Å². The highest BCUT2D eigenvalue weighted by atomic mass is 35.5. The van der Waals surface area contributed by atoms with Crippen molar-refractivity contribution in [2.45, 2.75) is 39.3 Å². The van der Waals surface area contributed by atoms with Crippen LogP contribution in [0.3, 0.4) is 0 Å². The van der Waals surface area contributed by atoms with Crippen LogP contribution in [0.2, 0.25) is 5.02 Å². The zero-order valence-electron chi connectivity index (χ0n) is 12.3. The second kappa shape index (κ2) is 5.60. The number of carbonyl (C=O) groups excluding carboxylic acids is 1. The molecular formula is C16H19ClN2O2. The molecular weight excluding hydrogens is 288 g/mol. The van der Waals surface area contributed by atoms with Crippen molar-refractivity contribution in [3.05, 3.63) is 28.9 Å². The van der Waals surface area contributed by atoms with E-state index < -0.39 is 0 Å². The highest BCUT2D eigenvalue weighted by molar-refractivity contribution is 6.36. The first-order chi connectivity index (χ1) is 10.2. The largest absolute Gasteiger partial charge is 0.486 e. The molecule has 5 heteroatoms. The number of rotatable bonds is 4. The molecule has 0 saturated carbocycles. The Morgan fingerprint density at radius 2 is 2.29 bits per heavy atom. The molecule has 112 valence electrons. The molecule has 0 aliphatic carbocycles. The van der Waals surface area contributed by atoms with Crippen molar-refractivity contribution in [2.24, 2.45) is 0 Å². The van der Waals surface area contributed by atoms with Crippen molar-refractivity contribution in [3.8, 4) is 5.75 Å². The number of amides is 1. The number of nitrogens with zero attached hydrogens (tertiary/aromatic N) is 1. The lowest BCUT2D eigenvalue weighted by molar-refractivity contribution is 0.0938. The van der Waals surface area contributed by atoms with Crippen molar-refractivity contribution in [1.29, 1.82) is 0 Å². The molecule has 0 fully saturated rings. The first-order valence-corrected chi connectivity index (χ1v) is 7.80. The fourth-order valence-corrected chi connectivity index (χ4v) is 2.96. The Balaban J connectivity index is 2.13. The van der Waals surface area contributed by atoms with E-state index in [0.717, 1.165) is 29.5 Å². The number of hydrogen-bond donors (Lipinski definition) is 1. The van der Waals surface area contributed by atoms with E-state index in [1.54, 1.807) is 0 Å². The van der Waals surface area contributed by atoms with Crippen LogP contribution in [-0.4, -0.2) is 23.1 Å². The number of carbonyl (C=O) groups is 1. The summed E-state index contributed by atoms with van der Waals surface area (Å²) in [6.07, 6.45) is 1.91. The van der Waals surface area contributed by atoms with Crippen molar-refractivity contribution in [3.63, 3.8) is 0 Å². The summed E-state index contributed by atoms with van der Waals surface area (Å²) in [6, 6.07) is 5.58. The van der Waals surface area contributed by atoms with E-state index in [-0.39, 0.29) is 12.0 Å². The second-order valence-corrected chi connectivity index (χ2v) is 5.76. The van der Waals surface area contributed by atoms with E-state index >= 15 is 0 Å². The van der Waals surface area contributed by atoms with E-state index in [9.17, 15) is 4.79 Å². The third-order valence-electron chi connectivity index (χ3n) is 3.87. The van der Waals surface area contributed by atoms with Gasteiger partial charge in [-0.3, -0.25) is 4.79 Å². The molecule has 0 unspecified atom stereocenters. The highest BCUT2D eigenvalue weighted by Crippen LogP contribution is 2.38. The maximum absolute atomic E-state index is 12.4. The Morgan fingerprint density at radius 1 is 1.48 bits per heavy atom. The summed E-state index contributed by atoms with van der Waals surface area (Å²) in [7, 11) is 0. The van der Waals surface area contributed by atoms with Crippen LogP contribution >= 0.6 is 11.6 Å². The van der Waals surface area contributed by atoms with E-state index in [1.165, 1.54) is 0 Å². The maximum Gasteiger partial charge on any atom is 0.267 e. The van der Waals surface area contributed by atoms with Crippen molar-refractivity contribution >= 4 is 28.4 Å². The lowest BCUT2D eigenvalue weighted by atomic mass is 10.2. The Morgan fingerprint density at radius 3 is 3.00 bits per heavy atom. The monoisotopic (exact) mass is 306 g/mol. The standard InChI is InChI=1S/C16H19ClN2O2/c1-3-7-18-16(20)13-8-11-12(17)5-6-14-15(11)19(13)9-10(4-2)21-14/h5-6,8,10H,3-4,7,9H2,1-2H3,(H,18,20)/t10-/m1/s1. The van der Waals surface area contributed by atoms with E-state index in [4.69, 9.17) is 16.3 Å². The van der Waals surface area contributed by atoms with Gasteiger partial charge in [0, 0.05) is 11.9 Å². The molecule has 1 aliphatic heterocycles. The highest BCUT2D eigenvalue weighted by Gasteiger charge is 2.26. The van der Waals surface area contributed by atoms with Gasteiger partial charge in [0.15, 0.2) is 0 Å². The quantitative estimate of drug-likeness (QED) is 0.938. The Kier molecular flexibility index (Phi) is 3.81. The summed E-state index contributed by atoms with van der Waals surface area (Å²) in [6.45, 7) is 5.48. The molecule has 0 saturated heterocycles. The fourth-order valence-electron chi connectivity index (χ4n) is 2.75. The lowest BCUT2D eigenvalue weighted by Gasteiger charge is -2.26. The molecule has 1 aliphatic rings. The van der Waals surface area contributed by atoms with Crippen molar-refractivity contribution in [1.82, 2.24) is 9.88 Å². The van der Waals surface area contributed by atoms with Gasteiger partial charge in [0.25, 0.3) is 5.91 Å². The van der Waals surface area contributed by atoms with E-state index in [2.05, 4.69) is 12.2 Å². The van der Waals surface area contributed by atoms with Gasteiger partial charge in [0.05, 0.1) is 17.1 Å². The predicted octanol–water partition coefficient (Wildman–Crippen LogP) is 3.61. The van der Waals surface area contributed by atoms with Crippen LogP contribution in [0.25, 0.3) is 10.9 Å². The fraction of sp³-hybridized carbons (Fsp3) is 0.438. The Bertz CT molecular complexity index is 693. The summed E-state index contributed by atoms with van der Waals surface area (Å²) >= 11 is 6.27. The van der Waals surface area contributed by atoms with Crippen LogP contribution in [0.15, 0.2) is 18.2 Å². The second-order valence-electron chi connectivity index (χ2n) is 5.35. The molecule has 0 radical (unpaired) electrons. The third kappa shape index (κ3) is 2.38. The molecule has 1 amide bonds. The molecule has 21 heavy (non-hydrogen) atoms. The van der Waals surface area contributed by atoms with Crippen LogP contribution in [0, 0.1) is 0 Å². The van der Waals surface area contributed by atoms with Crippen LogP contribution in [-0.2, 0) is 6.54 Å². The van der Waals surface area contributed by atoms with Crippen molar-refractivity contribution < 1.29 is 9.53 Å². The normalized spacial score (nSPS) is 16.8. The number of hydrogen-bond acceptors (Lipinski definition) is 2. The third-order valence-corrected chi connectivity index (χ3v) is 4.20. The van der Waals surface area contributed by atoms with Crippen LogP contribution in [0.4, 0.5) is 0 Å². The molecule has 0 bridgehead atoms. The van der Waals surface area contributed by atoms with Gasteiger partial charge in [-0.2, -0.15) is 0 Å². The number of aromatic nitrogens is 1. The SMILES string of the molecule is CCCNC(=O)c1cc2c(Cl)ccc3c2n1C[C@@H](CC)O3. The van der Waals surface area contributed by atoms with Gasteiger partial charge in [0.1, 0.15) is 17.5 Å². The van der Waals surface area contributed by atoms with Gasteiger partial charge in [-0.25, -0.2) is 0 Å².